The molecule has 0 fully saturated rings. The lowest BCUT2D eigenvalue weighted by Crippen LogP contribution is -2.04. The van der Waals surface area contributed by atoms with Crippen LogP contribution in [0.15, 0.2) is 60.7 Å². The number of thiol groups is 1. The number of allylic oxidation sites excluding steroid dienone is 2. The van der Waals surface area contributed by atoms with Crippen molar-refractivity contribution in [3.05, 3.63) is 148 Å². The van der Waals surface area contributed by atoms with Crippen molar-refractivity contribution in [3.8, 4) is 0 Å². The Bertz CT molecular complexity index is 2590. The standard InChI is InChI=1S/C25H26Cl2S6.C22H20Cl2O6.C2H7O2PS2/c1-14-19(24(29)32-4)10-16(12-21(14)26)18(8-6-7-9-23(28)31-3)17-11-20(25(30)33-5)15(2)22(27)13-17;1-11-16(21(27)28)7-13(9-18(11)23)15(5-3-4-6-20(25)26)14-8-17(22(29)30)12(2)19(24)10-14;1-3-5(6,7)4-2/h8,10-13H,6-7,9H2,1-5H3;5,7-10H,3-4,6H2,1-2H3,(H,25,26)(H,27,28)(H,29,30);1-2H3,(H,6,7). The fraction of sp³-hybridized carbons (Fsp3) is 0.306. The van der Waals surface area contributed by atoms with E-state index < -0.39 is 23.6 Å². The summed E-state index contributed by atoms with van der Waals surface area (Å²) in [6, 6.07) is 14.4. The number of thiocarbonyl (C=S) groups is 3. The second-order valence-corrected chi connectivity index (χ2v) is 26.7. The first-order valence-electron chi connectivity index (χ1n) is 20.8. The Morgan fingerprint density at radius 2 is 0.871 bits per heavy atom. The van der Waals surface area contributed by atoms with Crippen LogP contribution in [0.25, 0.3) is 11.1 Å². The number of carboxylic acids is 3. The second kappa shape index (κ2) is 31.1. The number of carboxylic acid groups (broad SMARTS) is 3. The Kier molecular flexibility index (Phi) is 28.6. The normalized spacial score (nSPS) is 10.8. The van der Waals surface area contributed by atoms with Crippen LogP contribution in [0.5, 0.6) is 0 Å². The minimum absolute atomic E-state index is 0.0191. The number of benzene rings is 4. The summed E-state index contributed by atoms with van der Waals surface area (Å²) in [5.74, 6) is -3.22. The maximum Gasteiger partial charge on any atom is 0.336 e. The van der Waals surface area contributed by atoms with Crippen LogP contribution in [0.1, 0.15) is 115 Å². The molecule has 4 rings (SSSR count). The van der Waals surface area contributed by atoms with E-state index in [1.165, 1.54) is 26.4 Å². The summed E-state index contributed by atoms with van der Waals surface area (Å²) in [4.78, 5) is 34.0. The van der Waals surface area contributed by atoms with Crippen LogP contribution >= 0.6 is 136 Å². The van der Waals surface area contributed by atoms with Crippen LogP contribution in [0.3, 0.4) is 0 Å². The van der Waals surface area contributed by atoms with Gasteiger partial charge in [0.05, 0.1) is 19.5 Å². The highest BCUT2D eigenvalue weighted by Gasteiger charge is 2.20. The molecule has 0 radical (unpaired) electrons. The van der Waals surface area contributed by atoms with Crippen LogP contribution in [0.2, 0.25) is 20.1 Å². The summed E-state index contributed by atoms with van der Waals surface area (Å²) in [5.41, 5.74) is 7.27. The number of thioether (sulfide) groups is 3. The lowest BCUT2D eigenvalue weighted by atomic mass is 9.91. The van der Waals surface area contributed by atoms with Gasteiger partial charge in [-0.1, -0.05) is 107 Å². The highest BCUT2D eigenvalue weighted by atomic mass is 35.5. The van der Waals surface area contributed by atoms with Gasteiger partial charge in [-0.25, -0.2) is 9.59 Å². The van der Waals surface area contributed by atoms with Gasteiger partial charge in [0, 0.05) is 56.1 Å². The van der Waals surface area contributed by atoms with Gasteiger partial charge in [0.25, 0.3) is 0 Å². The molecule has 8 nitrogen and oxygen atoms in total. The Morgan fingerprint density at radius 3 is 1.13 bits per heavy atom. The molecule has 0 bridgehead atoms. The predicted octanol–water partition coefficient (Wildman–Crippen LogP) is 17.1. The van der Waals surface area contributed by atoms with Crippen molar-refractivity contribution in [2.75, 3.05) is 33.0 Å². The molecule has 0 heterocycles. The number of unbranched alkanes of at least 4 members (excludes halogenated alkanes) is 2. The number of aliphatic carboxylic acids is 1. The molecular formula is C49H53Cl4O8PS8. The van der Waals surface area contributed by atoms with Gasteiger partial charge < -0.3 is 24.4 Å². The molecule has 0 spiro atoms. The molecule has 4 aromatic rings. The van der Waals surface area contributed by atoms with Crippen LogP contribution in [-0.2, 0) is 25.6 Å². The fourth-order valence-electron chi connectivity index (χ4n) is 6.40. The molecule has 0 aliphatic carbocycles. The van der Waals surface area contributed by atoms with Crippen molar-refractivity contribution in [3.63, 3.8) is 0 Å². The van der Waals surface area contributed by atoms with Gasteiger partial charge in [-0.2, -0.15) is 0 Å². The summed E-state index contributed by atoms with van der Waals surface area (Å²) in [7, 11) is 2.97. The quantitative estimate of drug-likeness (QED) is 0.0326. The first-order valence-corrected chi connectivity index (χ1v) is 31.0. The maximum atomic E-state index is 11.6. The van der Waals surface area contributed by atoms with Gasteiger partial charge in [0.15, 0.2) is 0 Å². The molecule has 0 atom stereocenters. The van der Waals surface area contributed by atoms with E-state index in [9.17, 15) is 24.6 Å². The third-order valence-corrected chi connectivity index (χ3v) is 18.8. The van der Waals surface area contributed by atoms with Gasteiger partial charge in [-0.15, -0.1) is 35.3 Å². The molecule has 0 aliphatic rings. The predicted molar refractivity (Wildman–Crippen MR) is 322 cm³/mol. The minimum Gasteiger partial charge on any atom is -0.481 e. The first-order chi connectivity index (χ1) is 32.8. The summed E-state index contributed by atoms with van der Waals surface area (Å²) in [6.07, 6.45) is 13.5. The van der Waals surface area contributed by atoms with E-state index in [-0.39, 0.29) is 27.6 Å². The first kappa shape index (κ1) is 64.3. The Balaban J connectivity index is 0.000000423. The molecule has 21 heteroatoms. The molecule has 0 unspecified atom stereocenters. The molecule has 3 N–H and O–H groups in total. The van der Waals surface area contributed by atoms with Crippen molar-refractivity contribution >= 4 is 190 Å². The third-order valence-electron chi connectivity index (χ3n) is 10.5. The van der Waals surface area contributed by atoms with E-state index >= 15 is 0 Å². The molecule has 0 amide bonds. The van der Waals surface area contributed by atoms with E-state index in [0.29, 0.717) is 50.7 Å². The van der Waals surface area contributed by atoms with Gasteiger partial charge in [0.2, 0.25) is 5.69 Å². The number of hydrogen-bond acceptors (Lipinski definition) is 12. The number of rotatable bonds is 18. The summed E-state index contributed by atoms with van der Waals surface area (Å²) in [5, 5.41) is 29.7. The van der Waals surface area contributed by atoms with E-state index in [0.717, 1.165) is 70.8 Å². The van der Waals surface area contributed by atoms with Crippen molar-refractivity contribution in [1.29, 1.82) is 0 Å². The fourth-order valence-corrected chi connectivity index (χ4v) is 9.21. The molecule has 0 saturated carbocycles. The van der Waals surface area contributed by atoms with Gasteiger partial charge in [0.1, 0.15) is 0 Å². The van der Waals surface area contributed by atoms with Crippen molar-refractivity contribution in [2.45, 2.75) is 66.2 Å². The zero-order chi connectivity index (χ0) is 53.2. The molecule has 378 valence electrons. The zero-order valence-corrected chi connectivity index (χ0v) is 50.2. The summed E-state index contributed by atoms with van der Waals surface area (Å²) >= 11 is 55.7. The van der Waals surface area contributed by atoms with Crippen molar-refractivity contribution in [2.24, 2.45) is 0 Å². The summed E-state index contributed by atoms with van der Waals surface area (Å²) in [6.45, 7) is 7.21. The minimum atomic E-state index is -2.13. The topological polar surface area (TPSA) is 130 Å². The number of carbonyl (C=O) groups is 3. The van der Waals surface area contributed by atoms with Gasteiger partial charge in [-0.05, 0) is 195 Å². The number of hydrogen-bond donors (Lipinski definition) is 4. The SMILES string of the molecule is COP(=S)(S)OC.CSC(=S)CCCC=C(c1cc(Cl)c(C)c(C(=S)SC)c1)c1cc(Cl)c(C)c(C(=S)SC)c1.Cc1c(Cl)cc(C(=CCCCC(=O)O)c2cc(Cl)c(C)c(C(=O)O)c2)cc1C(=O)O. The maximum absolute atomic E-state index is 11.6. The smallest absolute Gasteiger partial charge is 0.336 e. The van der Waals surface area contributed by atoms with Crippen LogP contribution in [0.4, 0.5) is 0 Å². The van der Waals surface area contributed by atoms with E-state index in [4.69, 9.17) is 88.2 Å². The molecule has 70 heavy (non-hydrogen) atoms. The molecule has 4 aromatic carbocycles. The van der Waals surface area contributed by atoms with Crippen molar-refractivity contribution in [1.82, 2.24) is 0 Å². The molecule has 0 aliphatic heterocycles. The van der Waals surface area contributed by atoms with Gasteiger partial charge in [-0.3, -0.25) is 4.79 Å². The Labute approximate surface area is 470 Å². The highest BCUT2D eigenvalue weighted by Crippen LogP contribution is 2.51. The lowest BCUT2D eigenvalue weighted by Gasteiger charge is -2.17. The highest BCUT2D eigenvalue weighted by molar-refractivity contribution is 8.60. The number of aromatic carboxylic acids is 2. The average Bonchev–Trinajstić information content (AvgIpc) is 3.32. The Hall–Kier alpha value is -1.83. The largest absolute Gasteiger partial charge is 0.481 e. The lowest BCUT2D eigenvalue weighted by molar-refractivity contribution is -0.137. The van der Waals surface area contributed by atoms with Crippen LogP contribution < -0.4 is 0 Å². The molecular weight excluding hydrogens is 1150 g/mol. The number of halogens is 4. The molecule has 0 saturated heterocycles. The van der Waals surface area contributed by atoms with Crippen LogP contribution in [0, 0.1) is 27.7 Å². The molecule has 0 aromatic heterocycles. The van der Waals surface area contributed by atoms with E-state index in [1.54, 1.807) is 67.3 Å². The van der Waals surface area contributed by atoms with E-state index in [2.05, 4.69) is 51.3 Å². The van der Waals surface area contributed by atoms with Crippen LogP contribution in [-0.4, -0.2) is 78.8 Å². The third kappa shape index (κ3) is 19.5. The Morgan fingerprint density at radius 1 is 0.571 bits per heavy atom. The van der Waals surface area contributed by atoms with Gasteiger partial charge >= 0.3 is 17.9 Å². The van der Waals surface area contributed by atoms with Crippen molar-refractivity contribution < 1.29 is 38.8 Å². The average molecular weight is 1200 g/mol. The summed E-state index contributed by atoms with van der Waals surface area (Å²) < 4.78 is 12.0. The van der Waals surface area contributed by atoms with E-state index in [1.807, 2.05) is 44.7 Å². The monoisotopic (exact) mass is 1200 g/mol. The second-order valence-electron chi connectivity index (χ2n) is 14.9. The zero-order valence-electron chi connectivity index (χ0n) is 39.7.